The van der Waals surface area contributed by atoms with E-state index in [1.165, 1.54) is 0 Å². The number of ether oxygens (including phenoxy) is 1. The molecule has 4 heterocycles. The second kappa shape index (κ2) is 10.9. The van der Waals surface area contributed by atoms with Crippen LogP contribution >= 0.6 is 0 Å². The Morgan fingerprint density at radius 3 is 2.72 bits per heavy atom. The topological polar surface area (TPSA) is 105 Å². The Balaban J connectivity index is 1.43. The number of pyridine rings is 1. The first-order chi connectivity index (χ1) is 18.6. The van der Waals surface area contributed by atoms with Crippen LogP contribution in [-0.4, -0.2) is 63.0 Å². The van der Waals surface area contributed by atoms with Gasteiger partial charge in [0.25, 0.3) is 5.91 Å². The number of hydrogen-bond acceptors (Lipinski definition) is 7. The molecule has 0 bridgehead atoms. The third kappa shape index (κ3) is 5.91. The van der Waals surface area contributed by atoms with E-state index in [0.717, 1.165) is 43.7 Å². The fourth-order valence-corrected chi connectivity index (χ4v) is 5.06. The molecule has 208 valence electrons. The highest BCUT2D eigenvalue weighted by Crippen LogP contribution is 2.31. The number of halogens is 3. The fraction of sp³-hybridized carbons (Fsp3) is 0.481. The molecule has 2 atom stereocenters. The normalized spacial score (nSPS) is 22.5. The summed E-state index contributed by atoms with van der Waals surface area (Å²) in [4.78, 5) is 21.8. The van der Waals surface area contributed by atoms with Crippen molar-refractivity contribution in [3.8, 4) is 0 Å². The van der Waals surface area contributed by atoms with Crippen LogP contribution in [-0.2, 0) is 11.3 Å². The van der Waals surface area contributed by atoms with Gasteiger partial charge < -0.3 is 20.7 Å². The maximum Gasteiger partial charge on any atom is 0.408 e. The average molecular weight is 544 g/mol. The van der Waals surface area contributed by atoms with Gasteiger partial charge in [0.15, 0.2) is 0 Å². The Hall–Kier alpha value is -3.51. The third-order valence-electron chi connectivity index (χ3n) is 7.42. The number of anilines is 1. The van der Waals surface area contributed by atoms with Gasteiger partial charge in [-0.15, -0.1) is 0 Å². The third-order valence-corrected chi connectivity index (χ3v) is 7.42. The molecule has 1 aliphatic carbocycles. The van der Waals surface area contributed by atoms with Crippen LogP contribution < -0.4 is 16.0 Å². The van der Waals surface area contributed by atoms with E-state index in [1.54, 1.807) is 30.2 Å². The van der Waals surface area contributed by atoms with E-state index < -0.39 is 12.2 Å². The second-order valence-corrected chi connectivity index (χ2v) is 10.2. The van der Waals surface area contributed by atoms with Crippen molar-refractivity contribution in [2.24, 2.45) is 0 Å². The summed E-state index contributed by atoms with van der Waals surface area (Å²) in [6.07, 6.45) is 6.30. The second-order valence-electron chi connectivity index (χ2n) is 10.2. The summed E-state index contributed by atoms with van der Waals surface area (Å²) in [5.74, 6) is -0.259. The number of nitrogens with one attached hydrogen (secondary N) is 3. The SMILES string of the molecule is CO[C@H]1CC[C@H](NC(=O)c2cnn3ccc(C4=C[C@@H](C)NCc5nc(N[C@@H](C)C(F)(F)F)ncc54)cc23)CC1. The smallest absolute Gasteiger partial charge is 0.381 e. The Bertz CT molecular complexity index is 1380. The van der Waals surface area contributed by atoms with Crippen molar-refractivity contribution in [3.63, 3.8) is 0 Å². The maximum absolute atomic E-state index is 13.2. The Labute approximate surface area is 224 Å². The number of hydrogen-bond donors (Lipinski definition) is 3. The van der Waals surface area contributed by atoms with Gasteiger partial charge >= 0.3 is 6.18 Å². The van der Waals surface area contributed by atoms with Gasteiger partial charge in [-0.05, 0) is 62.8 Å². The number of methoxy groups -OCH3 is 1. The Morgan fingerprint density at radius 1 is 1.23 bits per heavy atom. The van der Waals surface area contributed by atoms with Gasteiger partial charge in [-0.25, -0.2) is 14.5 Å². The van der Waals surface area contributed by atoms with Crippen LogP contribution in [0.3, 0.4) is 0 Å². The molecule has 0 saturated heterocycles. The van der Waals surface area contributed by atoms with E-state index in [-0.39, 0.29) is 30.0 Å². The minimum atomic E-state index is -4.41. The lowest BCUT2D eigenvalue weighted by molar-refractivity contribution is -0.138. The minimum Gasteiger partial charge on any atom is -0.381 e. The molecule has 0 aromatic carbocycles. The zero-order valence-corrected chi connectivity index (χ0v) is 22.0. The van der Waals surface area contributed by atoms with E-state index in [4.69, 9.17) is 4.74 Å². The first kappa shape index (κ1) is 27.1. The standard InChI is InChI=1S/C27H32F3N7O2/c1-15-10-20(21-12-32-26(36-23(21)14-31-15)34-16(2)27(28,29)30)17-8-9-37-24(11-17)22(13-33-37)25(38)35-18-4-6-19(39-3)7-5-18/h8-13,15-16,18-19,31H,4-7,14H2,1-3H3,(H,35,38)(H,32,34,36)/t15-,16+,18-,19-/m1/s1. The number of fused-ring (bicyclic) bond motifs is 2. The molecule has 9 nitrogen and oxygen atoms in total. The largest absolute Gasteiger partial charge is 0.408 e. The molecule has 5 rings (SSSR count). The molecule has 3 aromatic rings. The summed E-state index contributed by atoms with van der Waals surface area (Å²) in [7, 11) is 1.72. The number of carbonyl (C=O) groups is 1. The molecule has 0 unspecified atom stereocenters. The van der Waals surface area contributed by atoms with Crippen LogP contribution in [0, 0.1) is 0 Å². The molecule has 1 fully saturated rings. The van der Waals surface area contributed by atoms with Gasteiger partial charge in [-0.2, -0.15) is 18.3 Å². The van der Waals surface area contributed by atoms with Crippen molar-refractivity contribution >= 4 is 22.9 Å². The van der Waals surface area contributed by atoms with Gasteiger partial charge in [0.1, 0.15) is 6.04 Å². The Morgan fingerprint density at radius 2 is 2.00 bits per heavy atom. The van der Waals surface area contributed by atoms with E-state index >= 15 is 0 Å². The van der Waals surface area contributed by atoms with Gasteiger partial charge in [0.05, 0.1) is 29.1 Å². The molecule has 0 radical (unpaired) electrons. The highest BCUT2D eigenvalue weighted by molar-refractivity contribution is 6.01. The average Bonchev–Trinajstić information content (AvgIpc) is 3.26. The highest BCUT2D eigenvalue weighted by atomic mass is 19.4. The van der Waals surface area contributed by atoms with Gasteiger partial charge in [-0.1, -0.05) is 6.08 Å². The van der Waals surface area contributed by atoms with Crippen molar-refractivity contribution in [3.05, 3.63) is 59.2 Å². The molecular formula is C27H32F3N7O2. The van der Waals surface area contributed by atoms with E-state index in [1.807, 2.05) is 25.1 Å². The van der Waals surface area contributed by atoms with Crippen molar-refractivity contribution in [1.82, 2.24) is 30.2 Å². The number of nitrogens with zero attached hydrogens (tertiary/aromatic N) is 4. The number of alkyl halides is 3. The van der Waals surface area contributed by atoms with Crippen LogP contribution in [0.1, 0.15) is 66.7 Å². The summed E-state index contributed by atoms with van der Waals surface area (Å²) in [6.45, 7) is 3.38. The van der Waals surface area contributed by atoms with Crippen LogP contribution in [0.4, 0.5) is 19.1 Å². The molecule has 1 saturated carbocycles. The first-order valence-electron chi connectivity index (χ1n) is 13.1. The van der Waals surface area contributed by atoms with Crippen molar-refractivity contribution in [2.75, 3.05) is 12.4 Å². The molecule has 2 aliphatic rings. The fourth-order valence-electron chi connectivity index (χ4n) is 5.06. The quantitative estimate of drug-likeness (QED) is 0.430. The maximum atomic E-state index is 13.2. The zero-order chi connectivity index (χ0) is 27.7. The summed E-state index contributed by atoms with van der Waals surface area (Å²) < 4.78 is 46.2. The van der Waals surface area contributed by atoms with Crippen LogP contribution in [0.2, 0.25) is 0 Å². The number of rotatable bonds is 6. The van der Waals surface area contributed by atoms with Gasteiger partial charge in [0, 0.05) is 43.7 Å². The number of carbonyl (C=O) groups excluding carboxylic acids is 1. The molecule has 39 heavy (non-hydrogen) atoms. The van der Waals surface area contributed by atoms with Crippen molar-refractivity contribution < 1.29 is 22.7 Å². The molecule has 1 amide bonds. The minimum absolute atomic E-state index is 0.0363. The van der Waals surface area contributed by atoms with Crippen molar-refractivity contribution in [2.45, 2.75) is 76.5 Å². The van der Waals surface area contributed by atoms with Crippen LogP contribution in [0.5, 0.6) is 0 Å². The molecular weight excluding hydrogens is 511 g/mol. The Kier molecular flexibility index (Phi) is 7.59. The molecule has 3 N–H and O–H groups in total. The molecule has 0 spiro atoms. The lowest BCUT2D eigenvalue weighted by Crippen LogP contribution is -2.38. The zero-order valence-electron chi connectivity index (χ0n) is 22.0. The van der Waals surface area contributed by atoms with E-state index in [9.17, 15) is 18.0 Å². The summed E-state index contributed by atoms with van der Waals surface area (Å²) in [5.41, 5.74) is 4.06. The number of aromatic nitrogens is 4. The summed E-state index contributed by atoms with van der Waals surface area (Å²) in [6, 6.07) is 2.05. The predicted octanol–water partition coefficient (Wildman–Crippen LogP) is 4.10. The van der Waals surface area contributed by atoms with Gasteiger partial charge in [0.2, 0.25) is 5.95 Å². The monoisotopic (exact) mass is 543 g/mol. The predicted molar refractivity (Wildman–Crippen MR) is 140 cm³/mol. The first-order valence-corrected chi connectivity index (χ1v) is 13.1. The van der Waals surface area contributed by atoms with Crippen molar-refractivity contribution in [1.29, 1.82) is 0 Å². The summed E-state index contributed by atoms with van der Waals surface area (Å²) in [5, 5.41) is 13.2. The molecule has 1 aliphatic heterocycles. The highest BCUT2D eigenvalue weighted by Gasteiger charge is 2.36. The lowest BCUT2D eigenvalue weighted by atomic mass is 9.93. The van der Waals surface area contributed by atoms with Crippen LogP contribution in [0.15, 0.2) is 36.8 Å². The molecule has 3 aromatic heterocycles. The molecule has 12 heteroatoms. The summed E-state index contributed by atoms with van der Waals surface area (Å²) >= 11 is 0. The lowest BCUT2D eigenvalue weighted by Gasteiger charge is -2.28. The number of amides is 1. The van der Waals surface area contributed by atoms with E-state index in [2.05, 4.69) is 31.0 Å². The van der Waals surface area contributed by atoms with Crippen LogP contribution in [0.25, 0.3) is 11.1 Å². The van der Waals surface area contributed by atoms with Gasteiger partial charge in [-0.3, -0.25) is 4.79 Å². The van der Waals surface area contributed by atoms with E-state index in [0.29, 0.717) is 28.9 Å².